The van der Waals surface area contributed by atoms with E-state index in [2.05, 4.69) is 41.6 Å². The molecule has 1 saturated heterocycles. The van der Waals surface area contributed by atoms with Gasteiger partial charge in [0.1, 0.15) is 5.25 Å². The van der Waals surface area contributed by atoms with E-state index in [4.69, 9.17) is 0 Å². The van der Waals surface area contributed by atoms with Crippen LogP contribution in [0, 0.1) is 23.7 Å². The number of rotatable bonds is 4. The van der Waals surface area contributed by atoms with Crippen molar-refractivity contribution in [2.45, 2.75) is 58.6 Å². The molecule has 7 heteroatoms. The van der Waals surface area contributed by atoms with Gasteiger partial charge in [-0.05, 0) is 49.7 Å². The number of aryl methyl sites for hydroxylation is 1. The van der Waals surface area contributed by atoms with Crippen LogP contribution in [0.4, 0.5) is 5.69 Å². The second-order valence-corrected chi connectivity index (χ2v) is 10.4. The summed E-state index contributed by atoms with van der Waals surface area (Å²) in [7, 11) is 0. The first kappa shape index (κ1) is 20.1. The third-order valence-electron chi connectivity index (χ3n) is 7.26. The van der Waals surface area contributed by atoms with Gasteiger partial charge in [-0.3, -0.25) is 9.59 Å². The predicted octanol–water partition coefficient (Wildman–Crippen LogP) is 4.11. The number of hydrogen-bond acceptors (Lipinski definition) is 5. The van der Waals surface area contributed by atoms with Crippen LogP contribution in [0.3, 0.4) is 0 Å². The molecule has 1 aliphatic heterocycles. The topological polar surface area (TPSA) is 82.9 Å². The van der Waals surface area contributed by atoms with Crippen molar-refractivity contribution in [1.82, 2.24) is 5.32 Å². The first-order chi connectivity index (χ1) is 13.7. The number of amides is 2. The molecule has 0 spiro atoms. The molecule has 0 unspecified atom stereocenters. The van der Waals surface area contributed by atoms with Crippen LogP contribution in [0.5, 0.6) is 0 Å². The molecule has 3 atom stereocenters. The summed E-state index contributed by atoms with van der Waals surface area (Å²) in [6.07, 6.45) is 3.49. The number of benzene rings is 1. The number of nitrogens with one attached hydrogen (secondary N) is 2. The number of carbonyl (C=O) groups is 2. The minimum absolute atomic E-state index is 0.0856. The van der Waals surface area contributed by atoms with Gasteiger partial charge in [-0.1, -0.05) is 50.2 Å². The lowest BCUT2D eigenvalue weighted by molar-refractivity contribution is -0.122. The maximum absolute atomic E-state index is 12.3. The summed E-state index contributed by atoms with van der Waals surface area (Å²) in [5, 5.41) is 14.5. The highest BCUT2D eigenvalue weighted by atomic mass is 32.2. The summed E-state index contributed by atoms with van der Waals surface area (Å²) >= 11 is 1.28. The molecule has 154 valence electrons. The fraction of sp³-hybridized carbons (Fsp3) is 0.545. The first-order valence-corrected chi connectivity index (χ1v) is 11.1. The highest BCUT2D eigenvalue weighted by Crippen LogP contribution is 2.64. The summed E-state index contributed by atoms with van der Waals surface area (Å²) in [5.74, 6) is 0.291. The quantitative estimate of drug-likeness (QED) is 0.730. The summed E-state index contributed by atoms with van der Waals surface area (Å²) in [6, 6.07) is 7.59. The molecule has 3 fully saturated rings. The summed E-state index contributed by atoms with van der Waals surface area (Å²) in [5.41, 5.74) is 3.33. The zero-order chi connectivity index (χ0) is 20.8. The Kier molecular flexibility index (Phi) is 5.05. The second kappa shape index (κ2) is 7.27. The van der Waals surface area contributed by atoms with Crippen LogP contribution in [0.1, 0.15) is 52.0 Å². The fourth-order valence-corrected chi connectivity index (χ4v) is 5.71. The van der Waals surface area contributed by atoms with E-state index in [-0.39, 0.29) is 29.1 Å². The molecule has 4 rings (SSSR count). The Morgan fingerprint density at radius 2 is 1.97 bits per heavy atom. The van der Waals surface area contributed by atoms with Gasteiger partial charge < -0.3 is 10.6 Å². The molecule has 1 heterocycles. The SMILES string of the molecule is Cc1ccc(NC(=O)C[C@H]2S/C(=N/N=C3\C[C@H]4CC[C@]3(C)C4(C)C)NC2=O)cc1. The number of carbonyl (C=O) groups excluding carboxylic acids is 2. The summed E-state index contributed by atoms with van der Waals surface area (Å²) < 4.78 is 0. The minimum Gasteiger partial charge on any atom is -0.326 e. The van der Waals surface area contributed by atoms with Crippen LogP contribution < -0.4 is 10.6 Å². The van der Waals surface area contributed by atoms with Crippen LogP contribution in [0.15, 0.2) is 34.5 Å². The number of amidine groups is 1. The molecule has 6 nitrogen and oxygen atoms in total. The van der Waals surface area contributed by atoms with Gasteiger partial charge in [-0.25, -0.2) is 0 Å². The van der Waals surface area contributed by atoms with Crippen LogP contribution in [0.2, 0.25) is 0 Å². The smallest absolute Gasteiger partial charge is 0.240 e. The molecule has 1 aromatic carbocycles. The van der Waals surface area contributed by atoms with Crippen molar-refractivity contribution >= 4 is 40.1 Å². The summed E-state index contributed by atoms with van der Waals surface area (Å²) in [4.78, 5) is 24.6. The van der Waals surface area contributed by atoms with E-state index in [1.807, 2.05) is 31.2 Å². The van der Waals surface area contributed by atoms with Crippen molar-refractivity contribution in [2.75, 3.05) is 5.32 Å². The number of nitrogens with zero attached hydrogens (tertiary/aromatic N) is 2. The Hall–Kier alpha value is -2.15. The van der Waals surface area contributed by atoms with Crippen LogP contribution in [-0.4, -0.2) is 27.9 Å². The van der Waals surface area contributed by atoms with Gasteiger partial charge >= 0.3 is 0 Å². The Balaban J connectivity index is 1.38. The number of fused-ring (bicyclic) bond motifs is 2. The maximum Gasteiger partial charge on any atom is 0.240 e. The van der Waals surface area contributed by atoms with Crippen LogP contribution in [0.25, 0.3) is 0 Å². The highest BCUT2D eigenvalue weighted by molar-refractivity contribution is 8.15. The van der Waals surface area contributed by atoms with Gasteiger partial charge in [0.25, 0.3) is 0 Å². The third kappa shape index (κ3) is 3.61. The largest absolute Gasteiger partial charge is 0.326 e. The molecule has 0 radical (unpaired) electrons. The van der Waals surface area contributed by atoms with Gasteiger partial charge in [0.2, 0.25) is 11.8 Å². The molecule has 29 heavy (non-hydrogen) atoms. The fourth-order valence-electron chi connectivity index (χ4n) is 4.79. The molecular weight excluding hydrogens is 384 g/mol. The Morgan fingerprint density at radius 3 is 2.59 bits per heavy atom. The maximum atomic E-state index is 12.3. The Morgan fingerprint density at radius 1 is 1.24 bits per heavy atom. The second-order valence-electron chi connectivity index (χ2n) is 9.16. The molecule has 0 aromatic heterocycles. The van der Waals surface area contributed by atoms with E-state index in [1.165, 1.54) is 18.2 Å². The number of hydrogen-bond donors (Lipinski definition) is 2. The molecular formula is C22H28N4O2S. The van der Waals surface area contributed by atoms with Crippen molar-refractivity contribution in [3.63, 3.8) is 0 Å². The molecule has 2 bridgehead atoms. The van der Waals surface area contributed by atoms with Gasteiger partial charge in [0, 0.05) is 23.2 Å². The van der Waals surface area contributed by atoms with E-state index in [9.17, 15) is 9.59 Å². The van der Waals surface area contributed by atoms with Crippen molar-refractivity contribution in [2.24, 2.45) is 27.0 Å². The standard InChI is InChI=1S/C22H28N4O2S/c1-13-5-7-15(8-6-13)23-18(27)12-16-19(28)24-20(29-16)26-25-17-11-14-9-10-22(17,4)21(14,2)3/h5-8,14,16H,9-12H2,1-4H3,(H,23,27)(H,24,26,28)/b25-17+/t14-,16-,22+/m1/s1. The van der Waals surface area contributed by atoms with Crippen LogP contribution >= 0.6 is 11.8 Å². The Labute approximate surface area is 176 Å². The van der Waals surface area contributed by atoms with E-state index in [1.54, 1.807) is 0 Å². The normalized spacial score (nSPS) is 32.8. The van der Waals surface area contributed by atoms with Crippen molar-refractivity contribution in [3.05, 3.63) is 29.8 Å². The van der Waals surface area contributed by atoms with E-state index < -0.39 is 5.25 Å². The molecule has 2 amide bonds. The Bertz CT molecular complexity index is 906. The molecule has 2 saturated carbocycles. The molecule has 2 N–H and O–H groups in total. The van der Waals surface area contributed by atoms with Crippen molar-refractivity contribution < 1.29 is 9.59 Å². The van der Waals surface area contributed by atoms with E-state index >= 15 is 0 Å². The lowest BCUT2D eigenvalue weighted by atomic mass is 9.70. The van der Waals surface area contributed by atoms with Gasteiger partial charge in [-0.15, -0.1) is 5.10 Å². The monoisotopic (exact) mass is 412 g/mol. The van der Waals surface area contributed by atoms with Crippen molar-refractivity contribution in [1.29, 1.82) is 0 Å². The van der Waals surface area contributed by atoms with Crippen LogP contribution in [-0.2, 0) is 9.59 Å². The number of thioether (sulfide) groups is 1. The zero-order valence-electron chi connectivity index (χ0n) is 17.4. The average Bonchev–Trinajstić information content (AvgIpc) is 3.18. The predicted molar refractivity (Wildman–Crippen MR) is 118 cm³/mol. The van der Waals surface area contributed by atoms with Gasteiger partial charge in [0.15, 0.2) is 5.17 Å². The van der Waals surface area contributed by atoms with Gasteiger partial charge in [0.05, 0.1) is 0 Å². The van der Waals surface area contributed by atoms with E-state index in [0.29, 0.717) is 11.1 Å². The van der Waals surface area contributed by atoms with E-state index in [0.717, 1.165) is 29.8 Å². The molecule has 2 aliphatic carbocycles. The zero-order valence-corrected chi connectivity index (χ0v) is 18.2. The molecule has 3 aliphatic rings. The summed E-state index contributed by atoms with van der Waals surface area (Å²) in [6.45, 7) is 8.94. The average molecular weight is 413 g/mol. The number of anilines is 1. The van der Waals surface area contributed by atoms with Crippen molar-refractivity contribution in [3.8, 4) is 0 Å². The first-order valence-electron chi connectivity index (χ1n) is 10.2. The molecule has 1 aromatic rings. The van der Waals surface area contributed by atoms with Gasteiger partial charge in [-0.2, -0.15) is 5.10 Å². The lowest BCUT2D eigenvalue weighted by Gasteiger charge is -2.34. The third-order valence-corrected chi connectivity index (χ3v) is 8.33. The lowest BCUT2D eigenvalue weighted by Crippen LogP contribution is -2.32. The minimum atomic E-state index is -0.480. The highest BCUT2D eigenvalue weighted by Gasteiger charge is 2.60.